The van der Waals surface area contributed by atoms with E-state index in [1.54, 1.807) is 0 Å². The highest BCUT2D eigenvalue weighted by Crippen LogP contribution is 2.29. The maximum Gasteiger partial charge on any atom is 0.180 e. The molecular formula is C18H18N6O. The molecule has 5 rings (SSSR count). The number of benzene rings is 1. The summed E-state index contributed by atoms with van der Waals surface area (Å²) in [5, 5.41) is 8.26. The standard InChI is InChI=1S/C18H18N6O/c1-12-10-24-11-16(13-3-2-4-15-14(13)9-19-22-15)21-18(17(24)20-12)23-5-7-25-8-6-23/h2-4,9-11H,5-8H2,1H3,(H,19,22). The maximum atomic E-state index is 5.49. The fourth-order valence-corrected chi connectivity index (χ4v) is 3.41. The van der Waals surface area contributed by atoms with E-state index in [1.807, 2.05) is 37.6 Å². The number of aromatic nitrogens is 5. The number of H-pyrrole nitrogens is 1. The number of imidazole rings is 1. The summed E-state index contributed by atoms with van der Waals surface area (Å²) in [7, 11) is 0. The maximum absolute atomic E-state index is 5.49. The van der Waals surface area contributed by atoms with Crippen molar-refractivity contribution in [1.29, 1.82) is 0 Å². The van der Waals surface area contributed by atoms with Gasteiger partial charge in [0.15, 0.2) is 11.5 Å². The number of morpholine rings is 1. The van der Waals surface area contributed by atoms with Gasteiger partial charge < -0.3 is 14.0 Å². The highest BCUT2D eigenvalue weighted by Gasteiger charge is 2.19. The van der Waals surface area contributed by atoms with E-state index in [1.165, 1.54) is 0 Å². The van der Waals surface area contributed by atoms with Crippen molar-refractivity contribution in [3.63, 3.8) is 0 Å². The van der Waals surface area contributed by atoms with E-state index >= 15 is 0 Å². The second kappa shape index (κ2) is 5.56. The van der Waals surface area contributed by atoms with Crippen molar-refractivity contribution in [1.82, 2.24) is 24.6 Å². The predicted octanol–water partition coefficient (Wildman–Crippen LogP) is 2.42. The number of hydrogen-bond acceptors (Lipinski definition) is 5. The zero-order chi connectivity index (χ0) is 16.8. The molecule has 0 amide bonds. The molecule has 0 spiro atoms. The third-order valence-corrected chi connectivity index (χ3v) is 4.61. The van der Waals surface area contributed by atoms with Crippen LogP contribution >= 0.6 is 0 Å². The molecular weight excluding hydrogens is 316 g/mol. The lowest BCUT2D eigenvalue weighted by atomic mass is 10.1. The molecule has 0 radical (unpaired) electrons. The van der Waals surface area contributed by atoms with E-state index in [0.717, 1.165) is 65.6 Å². The van der Waals surface area contributed by atoms with Crippen LogP contribution in [0.1, 0.15) is 5.69 Å². The third kappa shape index (κ3) is 2.35. The Morgan fingerprint density at radius 1 is 1.12 bits per heavy atom. The van der Waals surface area contributed by atoms with Crippen molar-refractivity contribution in [2.45, 2.75) is 6.92 Å². The van der Waals surface area contributed by atoms with Crippen LogP contribution < -0.4 is 4.90 Å². The second-order valence-electron chi connectivity index (χ2n) is 6.30. The first-order chi connectivity index (χ1) is 12.3. The monoisotopic (exact) mass is 334 g/mol. The zero-order valence-corrected chi connectivity index (χ0v) is 13.9. The van der Waals surface area contributed by atoms with Crippen molar-refractivity contribution in [2.75, 3.05) is 31.2 Å². The smallest absolute Gasteiger partial charge is 0.180 e. The fraction of sp³-hybridized carbons (Fsp3) is 0.278. The van der Waals surface area contributed by atoms with Gasteiger partial charge in [0, 0.05) is 36.4 Å². The van der Waals surface area contributed by atoms with E-state index < -0.39 is 0 Å². The molecule has 1 aliphatic heterocycles. The highest BCUT2D eigenvalue weighted by atomic mass is 16.5. The lowest BCUT2D eigenvalue weighted by molar-refractivity contribution is 0.122. The van der Waals surface area contributed by atoms with Crippen LogP contribution in [0.25, 0.3) is 27.8 Å². The first kappa shape index (κ1) is 14.4. The highest BCUT2D eigenvalue weighted by molar-refractivity contribution is 5.93. The van der Waals surface area contributed by atoms with Crippen molar-refractivity contribution >= 4 is 22.4 Å². The van der Waals surface area contributed by atoms with Gasteiger partial charge in [0.25, 0.3) is 0 Å². The number of aryl methyl sites for hydroxylation is 1. The normalized spacial score (nSPS) is 15.3. The number of anilines is 1. The summed E-state index contributed by atoms with van der Waals surface area (Å²) >= 11 is 0. The summed E-state index contributed by atoms with van der Waals surface area (Å²) in [6.07, 6.45) is 5.94. The van der Waals surface area contributed by atoms with Crippen LogP contribution in [0.5, 0.6) is 0 Å². The van der Waals surface area contributed by atoms with Crippen molar-refractivity contribution in [2.24, 2.45) is 0 Å². The van der Waals surface area contributed by atoms with Gasteiger partial charge in [0.05, 0.1) is 36.3 Å². The summed E-state index contributed by atoms with van der Waals surface area (Å²) in [5.74, 6) is 0.911. The van der Waals surface area contributed by atoms with Gasteiger partial charge >= 0.3 is 0 Å². The van der Waals surface area contributed by atoms with Crippen LogP contribution in [0.15, 0.2) is 36.8 Å². The second-order valence-corrected chi connectivity index (χ2v) is 6.30. The van der Waals surface area contributed by atoms with Gasteiger partial charge in [0.1, 0.15) is 0 Å². The van der Waals surface area contributed by atoms with Crippen LogP contribution in [0.2, 0.25) is 0 Å². The Morgan fingerprint density at radius 3 is 2.88 bits per heavy atom. The lowest BCUT2D eigenvalue weighted by Gasteiger charge is -2.28. The Morgan fingerprint density at radius 2 is 2.00 bits per heavy atom. The molecule has 3 aromatic heterocycles. The van der Waals surface area contributed by atoms with E-state index in [4.69, 9.17) is 9.72 Å². The number of aromatic amines is 1. The SMILES string of the molecule is Cc1cn2cc(-c3cccc4[nH]ncc34)nc(N3CCOCC3)c2n1. The van der Waals surface area contributed by atoms with E-state index in [0.29, 0.717) is 0 Å². The van der Waals surface area contributed by atoms with Crippen LogP contribution in [0.4, 0.5) is 5.82 Å². The van der Waals surface area contributed by atoms with Gasteiger partial charge in [-0.25, -0.2) is 9.97 Å². The van der Waals surface area contributed by atoms with Crippen LogP contribution in [-0.4, -0.2) is 50.9 Å². The summed E-state index contributed by atoms with van der Waals surface area (Å²) in [6.45, 7) is 5.10. The molecule has 0 aliphatic carbocycles. The number of hydrogen-bond donors (Lipinski definition) is 1. The molecule has 126 valence electrons. The largest absolute Gasteiger partial charge is 0.378 e. The fourth-order valence-electron chi connectivity index (χ4n) is 3.41. The number of fused-ring (bicyclic) bond motifs is 2. The van der Waals surface area contributed by atoms with Gasteiger partial charge in [-0.3, -0.25) is 5.10 Å². The molecule has 1 fully saturated rings. The number of nitrogens with zero attached hydrogens (tertiary/aromatic N) is 5. The minimum Gasteiger partial charge on any atom is -0.378 e. The Labute approximate surface area is 144 Å². The van der Waals surface area contributed by atoms with E-state index in [2.05, 4.69) is 30.5 Å². The molecule has 7 heteroatoms. The third-order valence-electron chi connectivity index (χ3n) is 4.61. The molecule has 4 heterocycles. The molecule has 0 saturated carbocycles. The minimum atomic E-state index is 0.717. The first-order valence-electron chi connectivity index (χ1n) is 8.41. The Balaban J connectivity index is 1.75. The average Bonchev–Trinajstić information content (AvgIpc) is 3.26. The Bertz CT molecular complexity index is 1060. The number of rotatable bonds is 2. The Hall–Kier alpha value is -2.93. The van der Waals surface area contributed by atoms with E-state index in [-0.39, 0.29) is 0 Å². The summed E-state index contributed by atoms with van der Waals surface area (Å²) in [4.78, 5) is 11.9. The van der Waals surface area contributed by atoms with Crippen molar-refractivity contribution in [3.05, 3.63) is 42.5 Å². The summed E-state index contributed by atoms with van der Waals surface area (Å²) in [5.41, 5.74) is 4.86. The predicted molar refractivity (Wildman–Crippen MR) is 95.8 cm³/mol. The molecule has 1 saturated heterocycles. The van der Waals surface area contributed by atoms with Crippen molar-refractivity contribution < 1.29 is 4.74 Å². The molecule has 0 bridgehead atoms. The quantitative estimate of drug-likeness (QED) is 0.609. The molecule has 25 heavy (non-hydrogen) atoms. The average molecular weight is 334 g/mol. The van der Waals surface area contributed by atoms with E-state index in [9.17, 15) is 0 Å². The molecule has 1 aliphatic rings. The number of ether oxygens (including phenoxy) is 1. The van der Waals surface area contributed by atoms with Gasteiger partial charge in [-0.1, -0.05) is 12.1 Å². The van der Waals surface area contributed by atoms with Crippen LogP contribution in [0, 0.1) is 6.92 Å². The first-order valence-corrected chi connectivity index (χ1v) is 8.41. The Kier molecular flexibility index (Phi) is 3.21. The summed E-state index contributed by atoms with van der Waals surface area (Å²) < 4.78 is 7.56. The minimum absolute atomic E-state index is 0.717. The lowest BCUT2D eigenvalue weighted by Crippen LogP contribution is -2.37. The van der Waals surface area contributed by atoms with Gasteiger partial charge in [-0.05, 0) is 13.0 Å². The van der Waals surface area contributed by atoms with Gasteiger partial charge in [-0.2, -0.15) is 5.10 Å². The van der Waals surface area contributed by atoms with Gasteiger partial charge in [-0.15, -0.1) is 0 Å². The molecule has 1 aromatic carbocycles. The number of nitrogens with one attached hydrogen (secondary N) is 1. The summed E-state index contributed by atoms with van der Waals surface area (Å²) in [6, 6.07) is 6.13. The molecule has 4 aromatic rings. The molecule has 0 atom stereocenters. The zero-order valence-electron chi connectivity index (χ0n) is 13.9. The van der Waals surface area contributed by atoms with Gasteiger partial charge in [0.2, 0.25) is 0 Å². The van der Waals surface area contributed by atoms with Crippen LogP contribution in [-0.2, 0) is 4.74 Å². The van der Waals surface area contributed by atoms with Crippen molar-refractivity contribution in [3.8, 4) is 11.3 Å². The topological polar surface area (TPSA) is 71.3 Å². The molecule has 0 unspecified atom stereocenters. The molecule has 1 N–H and O–H groups in total. The molecule has 7 nitrogen and oxygen atoms in total. The van der Waals surface area contributed by atoms with Crippen LogP contribution in [0.3, 0.4) is 0 Å².